The molecule has 0 fully saturated rings. The van der Waals surface area contributed by atoms with Crippen molar-refractivity contribution in [1.29, 1.82) is 0 Å². The Balaban J connectivity index is 3.67. The Morgan fingerprint density at radius 1 is 1.27 bits per heavy atom. The van der Waals surface area contributed by atoms with Crippen molar-refractivity contribution in [2.45, 2.75) is 46.1 Å². The Morgan fingerprint density at radius 2 is 1.93 bits per heavy atom. The molecular weight excluding hydrogens is 184 g/mol. The van der Waals surface area contributed by atoms with Crippen molar-refractivity contribution >= 4 is 0 Å². The summed E-state index contributed by atoms with van der Waals surface area (Å²) in [4.78, 5) is 0. The molecule has 15 heavy (non-hydrogen) atoms. The highest BCUT2D eigenvalue weighted by atomic mass is 15.0. The van der Waals surface area contributed by atoms with E-state index in [1.54, 1.807) is 0 Å². The van der Waals surface area contributed by atoms with E-state index in [9.17, 15) is 0 Å². The molecule has 0 aromatic carbocycles. The Labute approximate surface area is 94.8 Å². The molecule has 0 heterocycles. The minimum absolute atomic E-state index is 0.366. The third-order valence-corrected chi connectivity index (χ3v) is 2.43. The second kappa shape index (κ2) is 8.54. The lowest BCUT2D eigenvalue weighted by molar-refractivity contribution is 0.585. The number of hydrogen-bond donors (Lipinski definition) is 2. The average molecular weight is 210 g/mol. The van der Waals surface area contributed by atoms with Crippen molar-refractivity contribution in [2.24, 2.45) is 0 Å². The number of nitrogens with one attached hydrogen (secondary N) is 2. The molecule has 0 rings (SSSR count). The van der Waals surface area contributed by atoms with Gasteiger partial charge in [0.05, 0.1) is 0 Å². The van der Waals surface area contributed by atoms with Gasteiger partial charge in [-0.3, -0.25) is 0 Å². The highest BCUT2D eigenvalue weighted by Gasteiger charge is 2.06. The van der Waals surface area contributed by atoms with Crippen LogP contribution < -0.4 is 10.6 Å². The predicted octanol–water partition coefficient (Wildman–Crippen LogP) is 2.83. The fourth-order valence-corrected chi connectivity index (χ4v) is 1.41. The van der Waals surface area contributed by atoms with Crippen molar-refractivity contribution in [3.63, 3.8) is 0 Å². The first-order valence-electron chi connectivity index (χ1n) is 5.92. The molecule has 0 spiro atoms. The van der Waals surface area contributed by atoms with Crippen molar-refractivity contribution < 1.29 is 0 Å². The molecule has 88 valence electrons. The molecule has 0 aromatic heterocycles. The van der Waals surface area contributed by atoms with Gasteiger partial charge in [-0.2, -0.15) is 0 Å². The Hall–Kier alpha value is -0.760. The number of hydrogen-bond acceptors (Lipinski definition) is 2. The maximum absolute atomic E-state index is 4.01. The van der Waals surface area contributed by atoms with Crippen LogP contribution in [0, 0.1) is 0 Å². The molecule has 0 bridgehead atoms. The van der Waals surface area contributed by atoms with Crippen molar-refractivity contribution in [3.8, 4) is 0 Å². The van der Waals surface area contributed by atoms with Crippen molar-refractivity contribution in [3.05, 3.63) is 24.4 Å². The largest absolute Gasteiger partial charge is 0.381 e. The SMILES string of the molecule is C=C(CNCCCC)NC(CC)C(=C)C. The molecule has 2 N–H and O–H groups in total. The standard InChI is InChI=1S/C13H26N2/c1-6-8-9-14-10-12(5)15-13(7-2)11(3)4/h13-15H,3,5-10H2,1-2,4H3. The molecule has 0 aliphatic heterocycles. The van der Waals surface area contributed by atoms with E-state index in [2.05, 4.69) is 44.6 Å². The van der Waals surface area contributed by atoms with E-state index >= 15 is 0 Å². The molecule has 1 atom stereocenters. The van der Waals surface area contributed by atoms with Crippen molar-refractivity contribution in [1.82, 2.24) is 10.6 Å². The highest BCUT2D eigenvalue weighted by Crippen LogP contribution is 2.04. The first kappa shape index (κ1) is 14.2. The van der Waals surface area contributed by atoms with E-state index in [0.29, 0.717) is 6.04 Å². The van der Waals surface area contributed by atoms with Gasteiger partial charge in [-0.25, -0.2) is 0 Å². The van der Waals surface area contributed by atoms with E-state index in [4.69, 9.17) is 0 Å². The molecule has 0 radical (unpaired) electrons. The van der Waals surface area contributed by atoms with Crippen molar-refractivity contribution in [2.75, 3.05) is 13.1 Å². The zero-order valence-electron chi connectivity index (χ0n) is 10.5. The van der Waals surface area contributed by atoms with Gasteiger partial charge in [0.1, 0.15) is 0 Å². The van der Waals surface area contributed by atoms with Gasteiger partial charge < -0.3 is 10.6 Å². The predicted molar refractivity (Wildman–Crippen MR) is 68.9 cm³/mol. The van der Waals surface area contributed by atoms with Gasteiger partial charge >= 0.3 is 0 Å². The third-order valence-electron chi connectivity index (χ3n) is 2.43. The van der Waals surface area contributed by atoms with Gasteiger partial charge in [0.25, 0.3) is 0 Å². The summed E-state index contributed by atoms with van der Waals surface area (Å²) < 4.78 is 0. The normalized spacial score (nSPS) is 12.2. The van der Waals surface area contributed by atoms with Crippen LogP contribution in [0.3, 0.4) is 0 Å². The van der Waals surface area contributed by atoms with E-state index in [-0.39, 0.29) is 0 Å². The van der Waals surface area contributed by atoms with Crippen LogP contribution in [-0.4, -0.2) is 19.1 Å². The first-order valence-corrected chi connectivity index (χ1v) is 5.92. The topological polar surface area (TPSA) is 24.1 Å². The second-order valence-corrected chi connectivity index (χ2v) is 4.09. The summed E-state index contributed by atoms with van der Waals surface area (Å²) in [5.41, 5.74) is 2.23. The van der Waals surface area contributed by atoms with Gasteiger partial charge in [-0.05, 0) is 26.3 Å². The Kier molecular flexibility index (Phi) is 8.11. The van der Waals surface area contributed by atoms with Crippen LogP contribution in [-0.2, 0) is 0 Å². The zero-order chi connectivity index (χ0) is 11.7. The molecule has 0 aliphatic rings. The molecular formula is C13H26N2. The van der Waals surface area contributed by atoms with Crippen LogP contribution in [0.5, 0.6) is 0 Å². The lowest BCUT2D eigenvalue weighted by Gasteiger charge is -2.20. The van der Waals surface area contributed by atoms with Gasteiger partial charge in [0.15, 0.2) is 0 Å². The zero-order valence-corrected chi connectivity index (χ0v) is 10.5. The van der Waals surface area contributed by atoms with Crippen LogP contribution in [0.1, 0.15) is 40.0 Å². The van der Waals surface area contributed by atoms with E-state index in [1.807, 2.05) is 0 Å². The molecule has 0 saturated carbocycles. The maximum Gasteiger partial charge on any atom is 0.0463 e. The smallest absolute Gasteiger partial charge is 0.0463 e. The summed E-state index contributed by atoms with van der Waals surface area (Å²) in [5, 5.41) is 6.75. The highest BCUT2D eigenvalue weighted by molar-refractivity contribution is 5.07. The summed E-state index contributed by atoms with van der Waals surface area (Å²) in [6.45, 7) is 16.3. The second-order valence-electron chi connectivity index (χ2n) is 4.09. The first-order chi connectivity index (χ1) is 7.11. The molecule has 0 aliphatic carbocycles. The molecule has 1 unspecified atom stereocenters. The molecule has 0 aromatic rings. The third kappa shape index (κ3) is 7.20. The Bertz CT molecular complexity index is 197. The number of unbranched alkanes of at least 4 members (excludes halogenated alkanes) is 1. The summed E-state index contributed by atoms with van der Waals surface area (Å²) in [7, 11) is 0. The summed E-state index contributed by atoms with van der Waals surface area (Å²) >= 11 is 0. The quantitative estimate of drug-likeness (QED) is 0.452. The molecule has 0 saturated heterocycles. The fourth-order valence-electron chi connectivity index (χ4n) is 1.41. The van der Waals surface area contributed by atoms with Gasteiger partial charge in [0, 0.05) is 18.3 Å². The summed E-state index contributed by atoms with van der Waals surface area (Å²) in [6, 6.07) is 0.366. The molecule has 2 heteroatoms. The monoisotopic (exact) mass is 210 g/mol. The Morgan fingerprint density at radius 3 is 2.40 bits per heavy atom. The van der Waals surface area contributed by atoms with Gasteiger partial charge in [0.2, 0.25) is 0 Å². The molecule has 2 nitrogen and oxygen atoms in total. The van der Waals surface area contributed by atoms with Crippen LogP contribution in [0.2, 0.25) is 0 Å². The lowest BCUT2D eigenvalue weighted by Crippen LogP contribution is -2.33. The average Bonchev–Trinajstić information content (AvgIpc) is 2.20. The maximum atomic E-state index is 4.01. The summed E-state index contributed by atoms with van der Waals surface area (Å²) in [5.74, 6) is 0. The minimum Gasteiger partial charge on any atom is -0.381 e. The summed E-state index contributed by atoms with van der Waals surface area (Å²) in [6.07, 6.45) is 3.52. The number of rotatable bonds is 9. The van der Waals surface area contributed by atoms with Crippen LogP contribution >= 0.6 is 0 Å². The van der Waals surface area contributed by atoms with Gasteiger partial charge in [-0.15, -0.1) is 0 Å². The van der Waals surface area contributed by atoms with Crippen LogP contribution in [0.4, 0.5) is 0 Å². The van der Waals surface area contributed by atoms with Crippen LogP contribution in [0.15, 0.2) is 24.4 Å². The van der Waals surface area contributed by atoms with Gasteiger partial charge in [-0.1, -0.05) is 39.0 Å². The molecule has 0 amide bonds. The van der Waals surface area contributed by atoms with E-state index in [1.165, 1.54) is 18.4 Å². The fraction of sp³-hybridized carbons (Fsp3) is 0.692. The van der Waals surface area contributed by atoms with E-state index in [0.717, 1.165) is 25.2 Å². The van der Waals surface area contributed by atoms with Crippen LogP contribution in [0.25, 0.3) is 0 Å². The van der Waals surface area contributed by atoms with E-state index < -0.39 is 0 Å². The lowest BCUT2D eigenvalue weighted by atomic mass is 10.1. The minimum atomic E-state index is 0.366.